The molecule has 6 nitrogen and oxygen atoms in total. The molecular formula is C19H25N3O3S. The maximum atomic E-state index is 12.6. The molecule has 1 aliphatic rings. The minimum absolute atomic E-state index is 0.0326. The van der Waals surface area contributed by atoms with Gasteiger partial charge in [-0.2, -0.15) is 0 Å². The Labute approximate surface area is 158 Å². The molecule has 0 radical (unpaired) electrons. The molecule has 2 aromatic rings. The fourth-order valence-electron chi connectivity index (χ4n) is 2.98. The first kappa shape index (κ1) is 18.6. The molecule has 0 spiro atoms. The van der Waals surface area contributed by atoms with Crippen molar-refractivity contribution in [3.8, 4) is 16.5 Å². The smallest absolute Gasteiger partial charge is 0.410 e. The number of piperidine rings is 1. The second-order valence-corrected chi connectivity index (χ2v) is 8.21. The Kier molecular flexibility index (Phi) is 5.46. The first-order valence-electron chi connectivity index (χ1n) is 8.83. The van der Waals surface area contributed by atoms with E-state index in [1.165, 1.54) is 0 Å². The van der Waals surface area contributed by atoms with E-state index in [1.54, 1.807) is 24.6 Å². The summed E-state index contributed by atoms with van der Waals surface area (Å²) < 4.78 is 10.7. The molecule has 1 amide bonds. The number of carbonyl (C=O) groups is 1. The van der Waals surface area contributed by atoms with E-state index in [4.69, 9.17) is 14.5 Å². The Morgan fingerprint density at radius 3 is 2.77 bits per heavy atom. The van der Waals surface area contributed by atoms with Gasteiger partial charge in [-0.1, -0.05) is 0 Å². The molecule has 2 aromatic heterocycles. The average Bonchev–Trinajstić information content (AvgIpc) is 3.10. The maximum Gasteiger partial charge on any atom is 0.410 e. The molecule has 0 aromatic carbocycles. The van der Waals surface area contributed by atoms with Crippen molar-refractivity contribution >= 4 is 17.4 Å². The molecule has 3 rings (SSSR count). The minimum atomic E-state index is -0.499. The van der Waals surface area contributed by atoms with E-state index >= 15 is 0 Å². The van der Waals surface area contributed by atoms with Crippen molar-refractivity contribution in [1.29, 1.82) is 0 Å². The van der Waals surface area contributed by atoms with Gasteiger partial charge in [0, 0.05) is 29.8 Å². The maximum absolute atomic E-state index is 12.6. The van der Waals surface area contributed by atoms with Gasteiger partial charge in [-0.3, -0.25) is 4.90 Å². The number of ether oxygens (including phenoxy) is 2. The number of methoxy groups -OCH3 is 1. The largest absolute Gasteiger partial charge is 0.481 e. The molecule has 0 bridgehead atoms. The predicted octanol–water partition coefficient (Wildman–Crippen LogP) is 4.68. The zero-order valence-electron chi connectivity index (χ0n) is 15.7. The Morgan fingerprint density at radius 1 is 1.31 bits per heavy atom. The molecule has 0 saturated carbocycles. The monoisotopic (exact) mass is 375 g/mol. The van der Waals surface area contributed by atoms with Gasteiger partial charge in [-0.15, -0.1) is 11.3 Å². The first-order chi connectivity index (χ1) is 12.4. The summed E-state index contributed by atoms with van der Waals surface area (Å²) in [5.74, 6) is 0.578. The number of carbonyl (C=O) groups excluding carboxylic acids is 1. The highest BCUT2D eigenvalue weighted by molar-refractivity contribution is 7.13. The first-order valence-corrected chi connectivity index (χ1v) is 9.71. The van der Waals surface area contributed by atoms with Gasteiger partial charge in [0.2, 0.25) is 5.88 Å². The van der Waals surface area contributed by atoms with E-state index < -0.39 is 5.60 Å². The summed E-state index contributed by atoms with van der Waals surface area (Å²) in [6, 6.07) is 3.74. The third-order valence-corrected chi connectivity index (χ3v) is 5.10. The lowest BCUT2D eigenvalue weighted by Gasteiger charge is -2.36. The van der Waals surface area contributed by atoms with Crippen LogP contribution in [0.25, 0.3) is 10.6 Å². The van der Waals surface area contributed by atoms with Crippen LogP contribution >= 0.6 is 11.3 Å². The van der Waals surface area contributed by atoms with Gasteiger partial charge in [0.05, 0.1) is 18.8 Å². The number of amides is 1. The summed E-state index contributed by atoms with van der Waals surface area (Å²) in [6.45, 7) is 6.38. The van der Waals surface area contributed by atoms with E-state index in [0.717, 1.165) is 35.5 Å². The van der Waals surface area contributed by atoms with Gasteiger partial charge in [0.1, 0.15) is 10.6 Å². The van der Waals surface area contributed by atoms with Crippen molar-refractivity contribution in [2.24, 2.45) is 0 Å². The Morgan fingerprint density at radius 2 is 2.12 bits per heavy atom. The Hall–Kier alpha value is -2.15. The van der Waals surface area contributed by atoms with Crippen molar-refractivity contribution in [2.45, 2.75) is 51.7 Å². The average molecular weight is 375 g/mol. The van der Waals surface area contributed by atoms with Crippen LogP contribution in [-0.2, 0) is 4.74 Å². The molecule has 0 N–H and O–H groups in total. The zero-order chi connectivity index (χ0) is 18.7. The van der Waals surface area contributed by atoms with Crippen molar-refractivity contribution in [2.75, 3.05) is 13.7 Å². The molecule has 26 heavy (non-hydrogen) atoms. The lowest BCUT2D eigenvalue weighted by molar-refractivity contribution is 0.00908. The third kappa shape index (κ3) is 4.33. The van der Waals surface area contributed by atoms with Gasteiger partial charge < -0.3 is 9.47 Å². The molecule has 140 valence electrons. The zero-order valence-corrected chi connectivity index (χ0v) is 16.5. The van der Waals surface area contributed by atoms with Gasteiger partial charge in [-0.25, -0.2) is 14.8 Å². The normalized spacial score (nSPS) is 17.8. The van der Waals surface area contributed by atoms with Crippen LogP contribution in [0.15, 0.2) is 23.7 Å². The topological polar surface area (TPSA) is 64.5 Å². The van der Waals surface area contributed by atoms with Crippen molar-refractivity contribution in [1.82, 2.24) is 14.9 Å². The van der Waals surface area contributed by atoms with Crippen LogP contribution in [0.2, 0.25) is 0 Å². The molecule has 0 aliphatic carbocycles. The molecule has 1 fully saturated rings. The van der Waals surface area contributed by atoms with Crippen molar-refractivity contribution in [3.63, 3.8) is 0 Å². The summed E-state index contributed by atoms with van der Waals surface area (Å²) in [5.41, 5.74) is 1.37. The molecule has 1 aliphatic heterocycles. The standard InChI is InChI=1S/C19H25N3O3S/c1-19(2,3)25-18(23)22-10-6-5-7-15(22)14-12-26-17(21-14)13-8-9-16(24-4)20-11-13/h8-9,11-12,15H,5-7,10H2,1-4H3. The van der Waals surface area contributed by atoms with E-state index in [1.807, 2.05) is 43.2 Å². The van der Waals surface area contributed by atoms with Crippen LogP contribution < -0.4 is 4.74 Å². The number of nitrogens with zero attached hydrogens (tertiary/aromatic N) is 3. The van der Waals surface area contributed by atoms with Crippen LogP contribution in [0, 0.1) is 0 Å². The van der Waals surface area contributed by atoms with Crippen LogP contribution in [0.3, 0.4) is 0 Å². The molecule has 1 unspecified atom stereocenters. The van der Waals surface area contributed by atoms with Crippen molar-refractivity contribution < 1.29 is 14.3 Å². The van der Waals surface area contributed by atoms with E-state index in [-0.39, 0.29) is 12.1 Å². The van der Waals surface area contributed by atoms with Crippen LogP contribution in [0.4, 0.5) is 4.79 Å². The Balaban J connectivity index is 1.80. The summed E-state index contributed by atoms with van der Waals surface area (Å²) in [7, 11) is 1.60. The SMILES string of the molecule is COc1ccc(-c2nc(C3CCCCN3C(=O)OC(C)(C)C)cs2)cn1. The molecule has 3 heterocycles. The fourth-order valence-corrected chi connectivity index (χ4v) is 3.83. The highest BCUT2D eigenvalue weighted by Crippen LogP contribution is 2.35. The van der Waals surface area contributed by atoms with Gasteiger partial charge in [-0.05, 0) is 46.1 Å². The predicted molar refractivity (Wildman–Crippen MR) is 101 cm³/mol. The Bertz CT molecular complexity index is 752. The minimum Gasteiger partial charge on any atom is -0.481 e. The van der Waals surface area contributed by atoms with Gasteiger partial charge >= 0.3 is 6.09 Å². The third-order valence-electron chi connectivity index (χ3n) is 4.19. The molecular weight excluding hydrogens is 350 g/mol. The van der Waals surface area contributed by atoms with E-state index in [9.17, 15) is 4.79 Å². The van der Waals surface area contributed by atoms with Gasteiger partial charge in [0.25, 0.3) is 0 Å². The van der Waals surface area contributed by atoms with Gasteiger partial charge in [0.15, 0.2) is 0 Å². The van der Waals surface area contributed by atoms with Crippen molar-refractivity contribution in [3.05, 3.63) is 29.4 Å². The summed E-state index contributed by atoms with van der Waals surface area (Å²) in [5, 5.41) is 2.93. The summed E-state index contributed by atoms with van der Waals surface area (Å²) in [4.78, 5) is 23.4. The molecule has 1 saturated heterocycles. The number of pyridine rings is 1. The van der Waals surface area contributed by atoms with E-state index in [2.05, 4.69) is 4.98 Å². The molecule has 7 heteroatoms. The second kappa shape index (κ2) is 7.61. The number of hydrogen-bond donors (Lipinski definition) is 0. The highest BCUT2D eigenvalue weighted by Gasteiger charge is 2.32. The summed E-state index contributed by atoms with van der Waals surface area (Å²) >= 11 is 1.57. The number of rotatable bonds is 3. The van der Waals surface area contributed by atoms with Crippen LogP contribution in [-0.4, -0.2) is 40.2 Å². The van der Waals surface area contributed by atoms with E-state index in [0.29, 0.717) is 12.4 Å². The fraction of sp³-hybridized carbons (Fsp3) is 0.526. The number of thiazole rings is 1. The second-order valence-electron chi connectivity index (χ2n) is 7.35. The lowest BCUT2D eigenvalue weighted by Crippen LogP contribution is -2.42. The van der Waals surface area contributed by atoms with Crippen LogP contribution in [0.1, 0.15) is 51.8 Å². The highest BCUT2D eigenvalue weighted by atomic mass is 32.1. The number of likely N-dealkylation sites (tertiary alicyclic amines) is 1. The summed E-state index contributed by atoms with van der Waals surface area (Å²) in [6.07, 6.45) is 4.48. The molecule has 1 atom stereocenters. The number of aromatic nitrogens is 2. The lowest BCUT2D eigenvalue weighted by atomic mass is 10.0. The quantitative estimate of drug-likeness (QED) is 0.779. The number of hydrogen-bond acceptors (Lipinski definition) is 6. The van der Waals surface area contributed by atoms with Crippen LogP contribution in [0.5, 0.6) is 5.88 Å².